The maximum absolute atomic E-state index is 9.22. The summed E-state index contributed by atoms with van der Waals surface area (Å²) in [5, 5.41) is 22.3. The minimum Gasteiger partial charge on any atom is -0.393 e. The molecule has 0 aromatic rings. The van der Waals surface area contributed by atoms with E-state index in [0.29, 0.717) is 12.0 Å². The van der Waals surface area contributed by atoms with E-state index in [1.165, 1.54) is 0 Å². The summed E-state index contributed by atoms with van der Waals surface area (Å²) in [5.41, 5.74) is 0. The van der Waals surface area contributed by atoms with Crippen LogP contribution in [0.5, 0.6) is 0 Å². The lowest BCUT2D eigenvalue weighted by molar-refractivity contribution is 0.120. The Labute approximate surface area is 72.9 Å². The Morgan fingerprint density at radius 1 is 1.33 bits per heavy atom. The average Bonchev–Trinajstić information content (AvgIpc) is 2.09. The first kappa shape index (κ1) is 9.32. The monoisotopic (exact) mass is 171 g/mol. The van der Waals surface area contributed by atoms with Crippen LogP contribution in [0, 0.1) is 5.41 Å². The number of aliphatic hydroxyl groups is 1. The zero-order valence-corrected chi connectivity index (χ0v) is 7.43. The van der Waals surface area contributed by atoms with Gasteiger partial charge in [0.2, 0.25) is 0 Å². The Balaban J connectivity index is 2.21. The highest BCUT2D eigenvalue weighted by molar-refractivity contribution is 5.76. The van der Waals surface area contributed by atoms with Crippen molar-refractivity contribution in [2.45, 2.75) is 37.8 Å². The van der Waals surface area contributed by atoms with Crippen molar-refractivity contribution in [2.24, 2.45) is 0 Å². The quantitative estimate of drug-likeness (QED) is 0.332. The van der Waals surface area contributed by atoms with Crippen LogP contribution < -0.4 is 10.6 Å². The van der Waals surface area contributed by atoms with Gasteiger partial charge in [0, 0.05) is 13.1 Å². The first-order valence-corrected chi connectivity index (χ1v) is 4.43. The lowest BCUT2D eigenvalue weighted by Gasteiger charge is -2.26. The fraction of sp³-hybridized carbons (Fsp3) is 0.875. The number of hydrogen-bond acceptors (Lipinski definition) is 2. The molecular formula is C8H17N3O. The lowest BCUT2D eigenvalue weighted by Crippen LogP contribution is -2.43. The van der Waals surface area contributed by atoms with E-state index >= 15 is 0 Å². The molecule has 0 unspecified atom stereocenters. The van der Waals surface area contributed by atoms with Crippen molar-refractivity contribution >= 4 is 5.96 Å². The average molecular weight is 171 g/mol. The molecule has 12 heavy (non-hydrogen) atoms. The number of guanidine groups is 1. The van der Waals surface area contributed by atoms with E-state index in [4.69, 9.17) is 5.41 Å². The molecule has 0 saturated heterocycles. The third-order valence-corrected chi connectivity index (χ3v) is 2.30. The smallest absolute Gasteiger partial charge is 0.188 e. The Hall–Kier alpha value is -0.770. The van der Waals surface area contributed by atoms with Gasteiger partial charge in [-0.2, -0.15) is 0 Å². The van der Waals surface area contributed by atoms with Crippen LogP contribution in [-0.4, -0.2) is 30.3 Å². The van der Waals surface area contributed by atoms with Gasteiger partial charge in [-0.3, -0.25) is 5.41 Å². The molecule has 4 heteroatoms. The van der Waals surface area contributed by atoms with E-state index in [1.807, 2.05) is 0 Å². The molecule has 4 nitrogen and oxygen atoms in total. The molecule has 0 atom stereocenters. The van der Waals surface area contributed by atoms with Crippen molar-refractivity contribution in [3.8, 4) is 0 Å². The summed E-state index contributed by atoms with van der Waals surface area (Å²) >= 11 is 0. The summed E-state index contributed by atoms with van der Waals surface area (Å²) in [6.45, 7) is 0. The van der Waals surface area contributed by atoms with E-state index in [9.17, 15) is 5.11 Å². The van der Waals surface area contributed by atoms with Crippen LogP contribution >= 0.6 is 0 Å². The Kier molecular flexibility index (Phi) is 3.34. The van der Waals surface area contributed by atoms with Crippen molar-refractivity contribution < 1.29 is 5.11 Å². The van der Waals surface area contributed by atoms with Crippen molar-refractivity contribution in [3.63, 3.8) is 0 Å². The second-order valence-corrected chi connectivity index (χ2v) is 3.27. The van der Waals surface area contributed by atoms with Crippen LogP contribution in [-0.2, 0) is 0 Å². The molecule has 0 spiro atoms. The van der Waals surface area contributed by atoms with Crippen LogP contribution in [0.15, 0.2) is 0 Å². The van der Waals surface area contributed by atoms with Gasteiger partial charge in [0.15, 0.2) is 5.96 Å². The summed E-state index contributed by atoms with van der Waals surface area (Å²) < 4.78 is 0. The fourth-order valence-corrected chi connectivity index (χ4v) is 1.50. The minimum absolute atomic E-state index is 0.119. The Morgan fingerprint density at radius 2 is 1.92 bits per heavy atom. The van der Waals surface area contributed by atoms with Gasteiger partial charge in [-0.05, 0) is 25.7 Å². The molecule has 1 saturated carbocycles. The Bertz CT molecular complexity index is 152. The van der Waals surface area contributed by atoms with Crippen molar-refractivity contribution in [1.82, 2.24) is 10.6 Å². The first-order chi connectivity index (χ1) is 5.72. The minimum atomic E-state index is -0.119. The summed E-state index contributed by atoms with van der Waals surface area (Å²) in [5.74, 6) is 0.372. The lowest BCUT2D eigenvalue weighted by atomic mass is 9.93. The van der Waals surface area contributed by atoms with Crippen LogP contribution in [0.4, 0.5) is 0 Å². The molecule has 70 valence electrons. The number of hydrogen-bond donors (Lipinski definition) is 4. The number of rotatable bonds is 1. The molecule has 0 bridgehead atoms. The van der Waals surface area contributed by atoms with Gasteiger partial charge in [0.05, 0.1) is 6.10 Å². The second kappa shape index (κ2) is 4.30. The predicted molar refractivity (Wildman–Crippen MR) is 48.2 cm³/mol. The Morgan fingerprint density at radius 3 is 2.42 bits per heavy atom. The van der Waals surface area contributed by atoms with Crippen LogP contribution in [0.2, 0.25) is 0 Å². The van der Waals surface area contributed by atoms with Gasteiger partial charge in [-0.1, -0.05) is 0 Å². The largest absolute Gasteiger partial charge is 0.393 e. The molecule has 1 rings (SSSR count). The molecule has 0 aromatic carbocycles. The summed E-state index contributed by atoms with van der Waals surface area (Å²) in [6, 6.07) is 0.369. The van der Waals surface area contributed by atoms with Crippen molar-refractivity contribution in [3.05, 3.63) is 0 Å². The fourth-order valence-electron chi connectivity index (χ4n) is 1.50. The van der Waals surface area contributed by atoms with E-state index < -0.39 is 0 Å². The molecule has 0 aromatic heterocycles. The van der Waals surface area contributed by atoms with E-state index in [0.717, 1.165) is 25.7 Å². The highest BCUT2D eigenvalue weighted by Gasteiger charge is 2.19. The molecule has 0 aliphatic heterocycles. The van der Waals surface area contributed by atoms with Gasteiger partial charge in [-0.25, -0.2) is 0 Å². The molecule has 1 aliphatic rings. The summed E-state index contributed by atoms with van der Waals surface area (Å²) in [7, 11) is 1.73. The van der Waals surface area contributed by atoms with Gasteiger partial charge >= 0.3 is 0 Å². The maximum Gasteiger partial charge on any atom is 0.188 e. The van der Waals surface area contributed by atoms with Gasteiger partial charge in [-0.15, -0.1) is 0 Å². The maximum atomic E-state index is 9.22. The molecule has 1 aliphatic carbocycles. The molecular weight excluding hydrogens is 154 g/mol. The normalized spacial score (nSPS) is 29.5. The summed E-state index contributed by atoms with van der Waals surface area (Å²) in [4.78, 5) is 0. The van der Waals surface area contributed by atoms with Crippen molar-refractivity contribution in [1.29, 1.82) is 5.41 Å². The topological polar surface area (TPSA) is 68.1 Å². The highest BCUT2D eigenvalue weighted by Crippen LogP contribution is 2.17. The van der Waals surface area contributed by atoms with Crippen LogP contribution in [0.1, 0.15) is 25.7 Å². The van der Waals surface area contributed by atoms with E-state index in [1.54, 1.807) is 7.05 Å². The molecule has 0 radical (unpaired) electrons. The van der Waals surface area contributed by atoms with E-state index in [-0.39, 0.29) is 6.10 Å². The zero-order chi connectivity index (χ0) is 8.97. The van der Waals surface area contributed by atoms with Gasteiger partial charge in [0.1, 0.15) is 0 Å². The second-order valence-electron chi connectivity index (χ2n) is 3.27. The van der Waals surface area contributed by atoms with Gasteiger partial charge in [0.25, 0.3) is 0 Å². The predicted octanol–water partition coefficient (Wildman–Crippen LogP) is 0.0337. The third-order valence-electron chi connectivity index (χ3n) is 2.30. The highest BCUT2D eigenvalue weighted by atomic mass is 16.3. The van der Waals surface area contributed by atoms with Crippen LogP contribution in [0.25, 0.3) is 0 Å². The van der Waals surface area contributed by atoms with Crippen molar-refractivity contribution in [2.75, 3.05) is 7.05 Å². The molecule has 4 N–H and O–H groups in total. The number of nitrogens with one attached hydrogen (secondary N) is 3. The SMILES string of the molecule is CNC(=N)N[C@H]1CC[C@H](O)CC1. The zero-order valence-electron chi connectivity index (χ0n) is 7.43. The molecule has 1 fully saturated rings. The first-order valence-electron chi connectivity index (χ1n) is 4.43. The molecule has 0 amide bonds. The standard InChI is InChI=1S/C8H17N3O/c1-10-8(9)11-6-2-4-7(12)5-3-6/h6-7,12H,2-5H2,1H3,(H3,9,10,11)/t6-,7-. The molecule has 0 heterocycles. The van der Waals surface area contributed by atoms with Gasteiger partial charge < -0.3 is 15.7 Å². The third kappa shape index (κ3) is 2.70. The number of aliphatic hydroxyl groups excluding tert-OH is 1. The van der Waals surface area contributed by atoms with Crippen LogP contribution in [0.3, 0.4) is 0 Å². The van der Waals surface area contributed by atoms with E-state index in [2.05, 4.69) is 10.6 Å². The summed E-state index contributed by atoms with van der Waals surface area (Å²) in [6.07, 6.45) is 3.52.